The average Bonchev–Trinajstić information content (AvgIpc) is 2.65. The summed E-state index contributed by atoms with van der Waals surface area (Å²) in [5, 5.41) is 16.5. The van der Waals surface area contributed by atoms with E-state index in [-0.39, 0.29) is 24.8 Å². The van der Waals surface area contributed by atoms with Crippen molar-refractivity contribution in [3.63, 3.8) is 0 Å². The Balaban J connectivity index is 4.71. The first-order valence-electron chi connectivity index (χ1n) is 9.40. The molecule has 0 heterocycles. The van der Waals surface area contributed by atoms with E-state index in [2.05, 4.69) is 20.9 Å². The number of nitrogens with two attached hydrogens (primary N) is 3. The Labute approximate surface area is 170 Å². The Morgan fingerprint density at radius 1 is 1.07 bits per heavy atom. The minimum Gasteiger partial charge on any atom is -0.480 e. The molecule has 4 unspecified atom stereocenters. The molecule has 0 rings (SSSR count). The standard InChI is InChI=1S/C17H33N7O5/c1-4-9(2)13(24-14(26)10(3)18)15(27)22-8-12(25)23-11(16(28)29)6-5-7-21-17(19)20/h9-11,13H,4-8,18H2,1-3H3,(H,22,27)(H,23,25)(H,24,26)(H,28,29)(H4,19,20,21). The number of amides is 3. The number of hydrogen-bond donors (Lipinski definition) is 7. The summed E-state index contributed by atoms with van der Waals surface area (Å²) in [6.07, 6.45) is 1.08. The van der Waals surface area contributed by atoms with Gasteiger partial charge < -0.3 is 38.3 Å². The van der Waals surface area contributed by atoms with Gasteiger partial charge in [0.25, 0.3) is 0 Å². The predicted octanol–water partition coefficient (Wildman–Crippen LogP) is -2.40. The molecule has 0 saturated heterocycles. The maximum absolute atomic E-state index is 12.4. The quantitative estimate of drug-likeness (QED) is 0.0975. The lowest BCUT2D eigenvalue weighted by Crippen LogP contribution is -2.55. The lowest BCUT2D eigenvalue weighted by molar-refractivity contribution is -0.142. The third-order valence-electron chi connectivity index (χ3n) is 4.21. The van der Waals surface area contributed by atoms with Gasteiger partial charge in [0.2, 0.25) is 17.7 Å². The summed E-state index contributed by atoms with van der Waals surface area (Å²) in [6.45, 7) is 4.93. The van der Waals surface area contributed by atoms with Gasteiger partial charge in [-0.25, -0.2) is 4.79 Å². The third kappa shape index (κ3) is 10.9. The van der Waals surface area contributed by atoms with Crippen molar-refractivity contribution in [2.75, 3.05) is 13.1 Å². The number of hydrogen-bond acceptors (Lipinski definition) is 6. The summed E-state index contributed by atoms with van der Waals surface area (Å²) in [4.78, 5) is 51.3. The number of rotatable bonds is 13. The molecule has 3 amide bonds. The van der Waals surface area contributed by atoms with Gasteiger partial charge in [0.15, 0.2) is 5.96 Å². The Hall–Kier alpha value is -2.89. The van der Waals surface area contributed by atoms with Crippen LogP contribution in [0.4, 0.5) is 0 Å². The molecule has 0 saturated carbocycles. The summed E-state index contributed by atoms with van der Waals surface area (Å²) < 4.78 is 0. The molecule has 0 radical (unpaired) electrons. The molecule has 12 heteroatoms. The van der Waals surface area contributed by atoms with Crippen molar-refractivity contribution in [1.82, 2.24) is 16.0 Å². The van der Waals surface area contributed by atoms with Crippen LogP contribution < -0.4 is 33.2 Å². The van der Waals surface area contributed by atoms with E-state index in [1.54, 1.807) is 6.92 Å². The van der Waals surface area contributed by atoms with Gasteiger partial charge in [-0.15, -0.1) is 0 Å². The molecule has 0 aliphatic heterocycles. The Morgan fingerprint density at radius 3 is 2.17 bits per heavy atom. The molecule has 29 heavy (non-hydrogen) atoms. The number of carboxylic acids is 1. The molecule has 0 spiro atoms. The van der Waals surface area contributed by atoms with Crippen molar-refractivity contribution in [1.29, 1.82) is 0 Å². The van der Waals surface area contributed by atoms with Crippen molar-refractivity contribution in [3.05, 3.63) is 0 Å². The first-order valence-corrected chi connectivity index (χ1v) is 9.40. The van der Waals surface area contributed by atoms with Crippen LogP contribution in [0, 0.1) is 5.92 Å². The van der Waals surface area contributed by atoms with Crippen LogP contribution in [0.25, 0.3) is 0 Å². The lowest BCUT2D eigenvalue weighted by atomic mass is 9.98. The first-order chi connectivity index (χ1) is 13.5. The Bertz CT molecular complexity index is 605. The number of carboxylic acid groups (broad SMARTS) is 1. The highest BCUT2D eigenvalue weighted by atomic mass is 16.4. The van der Waals surface area contributed by atoms with E-state index < -0.39 is 48.4 Å². The monoisotopic (exact) mass is 415 g/mol. The number of carbonyl (C=O) groups excluding carboxylic acids is 3. The topological polar surface area (TPSA) is 215 Å². The molecule has 10 N–H and O–H groups in total. The molecule has 166 valence electrons. The highest BCUT2D eigenvalue weighted by molar-refractivity contribution is 5.92. The van der Waals surface area contributed by atoms with Crippen LogP contribution >= 0.6 is 0 Å². The smallest absolute Gasteiger partial charge is 0.326 e. The average molecular weight is 415 g/mol. The van der Waals surface area contributed by atoms with Crippen LogP contribution in [0.3, 0.4) is 0 Å². The van der Waals surface area contributed by atoms with E-state index in [0.29, 0.717) is 12.8 Å². The number of carbonyl (C=O) groups is 4. The van der Waals surface area contributed by atoms with Crippen molar-refractivity contribution in [3.8, 4) is 0 Å². The highest BCUT2D eigenvalue weighted by Gasteiger charge is 2.27. The zero-order valence-electron chi connectivity index (χ0n) is 17.1. The van der Waals surface area contributed by atoms with Crippen LogP contribution in [0.5, 0.6) is 0 Å². The zero-order valence-corrected chi connectivity index (χ0v) is 17.1. The SMILES string of the molecule is CCC(C)C(NC(=O)C(C)N)C(=O)NCC(=O)NC(CCCN=C(N)N)C(=O)O. The molecular formula is C17H33N7O5. The molecule has 0 aliphatic carbocycles. The molecule has 0 aromatic carbocycles. The molecule has 0 bridgehead atoms. The summed E-state index contributed by atoms with van der Waals surface area (Å²) >= 11 is 0. The third-order valence-corrected chi connectivity index (χ3v) is 4.21. The van der Waals surface area contributed by atoms with Crippen molar-refractivity contribution in [2.45, 2.75) is 58.2 Å². The van der Waals surface area contributed by atoms with Gasteiger partial charge in [0, 0.05) is 6.54 Å². The summed E-state index contributed by atoms with van der Waals surface area (Å²) in [7, 11) is 0. The largest absolute Gasteiger partial charge is 0.480 e. The Kier molecular flexibility index (Phi) is 12.0. The minimum atomic E-state index is -1.21. The molecular weight excluding hydrogens is 382 g/mol. The van der Waals surface area contributed by atoms with Crippen LogP contribution in [-0.4, -0.2) is 66.0 Å². The molecule has 0 fully saturated rings. The second-order valence-electron chi connectivity index (χ2n) is 6.79. The maximum Gasteiger partial charge on any atom is 0.326 e. The molecule has 4 atom stereocenters. The van der Waals surface area contributed by atoms with Gasteiger partial charge in [-0.05, 0) is 25.7 Å². The molecule has 0 aliphatic rings. The van der Waals surface area contributed by atoms with E-state index in [4.69, 9.17) is 17.2 Å². The van der Waals surface area contributed by atoms with Gasteiger partial charge in [-0.3, -0.25) is 19.4 Å². The van der Waals surface area contributed by atoms with Gasteiger partial charge in [-0.2, -0.15) is 0 Å². The normalized spacial score (nSPS) is 14.6. The van der Waals surface area contributed by atoms with Crippen molar-refractivity contribution < 1.29 is 24.3 Å². The lowest BCUT2D eigenvalue weighted by Gasteiger charge is -2.24. The van der Waals surface area contributed by atoms with Crippen LogP contribution in [0.2, 0.25) is 0 Å². The van der Waals surface area contributed by atoms with Crippen molar-refractivity contribution >= 4 is 29.7 Å². The highest BCUT2D eigenvalue weighted by Crippen LogP contribution is 2.08. The van der Waals surface area contributed by atoms with Gasteiger partial charge in [0.1, 0.15) is 12.1 Å². The van der Waals surface area contributed by atoms with E-state index in [1.807, 2.05) is 6.92 Å². The van der Waals surface area contributed by atoms with E-state index in [0.717, 1.165) is 0 Å². The second kappa shape index (κ2) is 13.3. The Morgan fingerprint density at radius 2 is 1.69 bits per heavy atom. The summed E-state index contributed by atoms with van der Waals surface area (Å²) in [6, 6.07) is -2.79. The predicted molar refractivity (Wildman–Crippen MR) is 108 cm³/mol. The number of guanidine groups is 1. The van der Waals surface area contributed by atoms with E-state index in [1.165, 1.54) is 6.92 Å². The fourth-order valence-electron chi connectivity index (χ4n) is 2.27. The van der Waals surface area contributed by atoms with E-state index >= 15 is 0 Å². The first kappa shape index (κ1) is 26.1. The number of aliphatic carboxylic acids is 1. The number of aliphatic imine (C=N–C) groups is 1. The number of nitrogens with one attached hydrogen (secondary N) is 3. The zero-order chi connectivity index (χ0) is 22.6. The van der Waals surface area contributed by atoms with E-state index in [9.17, 15) is 24.3 Å². The van der Waals surface area contributed by atoms with Crippen molar-refractivity contribution in [2.24, 2.45) is 28.1 Å². The van der Waals surface area contributed by atoms with Gasteiger partial charge >= 0.3 is 5.97 Å². The number of nitrogens with zero attached hydrogens (tertiary/aromatic N) is 1. The maximum atomic E-state index is 12.4. The summed E-state index contributed by atoms with van der Waals surface area (Å²) in [5.41, 5.74) is 15.9. The molecule has 0 aromatic heterocycles. The van der Waals surface area contributed by atoms with Crippen LogP contribution in [0.1, 0.15) is 40.0 Å². The summed E-state index contributed by atoms with van der Waals surface area (Å²) in [5.74, 6) is -3.21. The van der Waals surface area contributed by atoms with Gasteiger partial charge in [0.05, 0.1) is 12.6 Å². The fraction of sp³-hybridized carbons (Fsp3) is 0.706. The molecule has 12 nitrogen and oxygen atoms in total. The fourth-order valence-corrected chi connectivity index (χ4v) is 2.27. The minimum absolute atomic E-state index is 0.101. The van der Waals surface area contributed by atoms with Crippen LogP contribution in [0.15, 0.2) is 4.99 Å². The molecule has 0 aromatic rings. The van der Waals surface area contributed by atoms with Crippen LogP contribution in [-0.2, 0) is 19.2 Å². The second-order valence-corrected chi connectivity index (χ2v) is 6.79. The van der Waals surface area contributed by atoms with Gasteiger partial charge in [-0.1, -0.05) is 20.3 Å².